The van der Waals surface area contributed by atoms with Crippen molar-refractivity contribution in [2.24, 2.45) is 0 Å². The van der Waals surface area contributed by atoms with E-state index in [9.17, 15) is 9.59 Å². The summed E-state index contributed by atoms with van der Waals surface area (Å²) >= 11 is 1.49. The summed E-state index contributed by atoms with van der Waals surface area (Å²) in [7, 11) is 1.69. The zero-order valence-corrected chi connectivity index (χ0v) is 18.3. The standard InChI is InChI=1S/C23H30N2O3S/c1-4-21(26)25(19-9-6-5-7-10-19)23(17-28-3)12-14-24(15-13-23)18(2)22(27)20-11-8-16-29-20/h5-11,16,18H,4,12-15,17H2,1-3H3. The SMILES string of the molecule is CCC(=O)N(c1ccccc1)C1(COC)CCN(C(C)C(=O)c2cccs2)CC1. The molecule has 1 saturated heterocycles. The molecule has 0 spiro atoms. The molecular formula is C23H30N2O3S. The Morgan fingerprint density at radius 1 is 1.17 bits per heavy atom. The number of para-hydroxylation sites is 1. The van der Waals surface area contributed by atoms with Crippen molar-refractivity contribution in [1.82, 2.24) is 4.90 Å². The van der Waals surface area contributed by atoms with Gasteiger partial charge in [0.2, 0.25) is 5.91 Å². The molecule has 5 nitrogen and oxygen atoms in total. The third kappa shape index (κ3) is 4.60. The Bertz CT molecular complexity index is 799. The Morgan fingerprint density at radius 2 is 1.86 bits per heavy atom. The molecule has 0 aliphatic carbocycles. The summed E-state index contributed by atoms with van der Waals surface area (Å²) in [6, 6.07) is 13.5. The number of methoxy groups -OCH3 is 1. The third-order valence-corrected chi connectivity index (χ3v) is 6.76. The van der Waals surface area contributed by atoms with E-state index in [0.717, 1.165) is 36.5 Å². The number of amides is 1. The third-order valence-electron chi connectivity index (χ3n) is 5.87. The highest BCUT2D eigenvalue weighted by molar-refractivity contribution is 7.12. The van der Waals surface area contributed by atoms with Gasteiger partial charge in [0.25, 0.3) is 0 Å². The number of anilines is 1. The highest BCUT2D eigenvalue weighted by Crippen LogP contribution is 2.35. The molecule has 1 atom stereocenters. The Morgan fingerprint density at radius 3 is 2.41 bits per heavy atom. The van der Waals surface area contributed by atoms with Gasteiger partial charge in [-0.05, 0) is 43.3 Å². The van der Waals surface area contributed by atoms with Gasteiger partial charge < -0.3 is 9.64 Å². The van der Waals surface area contributed by atoms with Gasteiger partial charge in [-0.2, -0.15) is 0 Å². The van der Waals surface area contributed by atoms with Gasteiger partial charge in [-0.3, -0.25) is 14.5 Å². The maximum Gasteiger partial charge on any atom is 0.227 e. The summed E-state index contributed by atoms with van der Waals surface area (Å²) in [6.07, 6.45) is 1.98. The Hall–Kier alpha value is -2.02. The van der Waals surface area contributed by atoms with Gasteiger partial charge in [0.05, 0.1) is 23.1 Å². The second-order valence-corrected chi connectivity index (χ2v) is 8.58. The van der Waals surface area contributed by atoms with Gasteiger partial charge in [0, 0.05) is 32.3 Å². The normalized spacial score (nSPS) is 17.6. The van der Waals surface area contributed by atoms with Crippen LogP contribution in [0.4, 0.5) is 5.69 Å². The van der Waals surface area contributed by atoms with Gasteiger partial charge in [0.1, 0.15) is 0 Å². The smallest absolute Gasteiger partial charge is 0.227 e. The van der Waals surface area contributed by atoms with Crippen LogP contribution >= 0.6 is 11.3 Å². The summed E-state index contributed by atoms with van der Waals surface area (Å²) in [4.78, 5) is 30.7. The van der Waals surface area contributed by atoms with E-state index in [1.807, 2.05) is 66.6 Å². The highest BCUT2D eigenvalue weighted by atomic mass is 32.1. The summed E-state index contributed by atoms with van der Waals surface area (Å²) in [5.41, 5.74) is 0.512. The van der Waals surface area contributed by atoms with Gasteiger partial charge >= 0.3 is 0 Å². The summed E-state index contributed by atoms with van der Waals surface area (Å²) in [5.74, 6) is 0.271. The summed E-state index contributed by atoms with van der Waals surface area (Å²) < 4.78 is 5.61. The van der Waals surface area contributed by atoms with Crippen molar-refractivity contribution in [2.75, 3.05) is 31.7 Å². The number of Topliss-reactive ketones (excluding diaryl/α,β-unsaturated/α-hetero) is 1. The number of likely N-dealkylation sites (tertiary alicyclic amines) is 1. The van der Waals surface area contributed by atoms with Crippen LogP contribution < -0.4 is 4.90 Å². The first-order valence-corrected chi connectivity index (χ1v) is 11.1. The first-order chi connectivity index (χ1) is 14.0. The van der Waals surface area contributed by atoms with Gasteiger partial charge in [-0.15, -0.1) is 11.3 Å². The predicted molar refractivity (Wildman–Crippen MR) is 118 cm³/mol. The van der Waals surface area contributed by atoms with E-state index in [1.54, 1.807) is 7.11 Å². The monoisotopic (exact) mass is 414 g/mol. The molecule has 1 aromatic heterocycles. The lowest BCUT2D eigenvalue weighted by Gasteiger charge is -2.49. The Labute approximate surface area is 177 Å². The maximum absolute atomic E-state index is 13.0. The number of rotatable bonds is 8. The molecule has 1 amide bonds. The van der Waals surface area contributed by atoms with Gasteiger partial charge in [0.15, 0.2) is 5.78 Å². The van der Waals surface area contributed by atoms with E-state index >= 15 is 0 Å². The lowest BCUT2D eigenvalue weighted by atomic mass is 9.84. The van der Waals surface area contributed by atoms with Crippen molar-refractivity contribution in [1.29, 1.82) is 0 Å². The minimum absolute atomic E-state index is 0.101. The fourth-order valence-electron chi connectivity index (χ4n) is 4.24. The van der Waals surface area contributed by atoms with E-state index in [-0.39, 0.29) is 17.7 Å². The molecule has 0 bridgehead atoms. The van der Waals surface area contributed by atoms with Gasteiger partial charge in [-0.25, -0.2) is 0 Å². The number of carbonyl (C=O) groups excluding carboxylic acids is 2. The molecule has 3 rings (SSSR count). The zero-order chi connectivity index (χ0) is 20.9. The van der Waals surface area contributed by atoms with Crippen LogP contribution in [0.2, 0.25) is 0 Å². The van der Waals surface area contributed by atoms with Crippen LogP contribution in [-0.4, -0.2) is 55.0 Å². The van der Waals surface area contributed by atoms with Crippen LogP contribution in [-0.2, 0) is 9.53 Å². The largest absolute Gasteiger partial charge is 0.382 e. The van der Waals surface area contributed by atoms with E-state index in [2.05, 4.69) is 4.90 Å². The van der Waals surface area contributed by atoms with E-state index in [1.165, 1.54) is 11.3 Å². The molecule has 1 fully saturated rings. The first-order valence-electron chi connectivity index (χ1n) is 10.2. The average Bonchev–Trinajstić information content (AvgIpc) is 3.29. The maximum atomic E-state index is 13.0. The molecular weight excluding hydrogens is 384 g/mol. The van der Waals surface area contributed by atoms with Crippen molar-refractivity contribution in [3.8, 4) is 0 Å². The number of hydrogen-bond acceptors (Lipinski definition) is 5. The van der Waals surface area contributed by atoms with Crippen molar-refractivity contribution in [2.45, 2.75) is 44.7 Å². The van der Waals surface area contributed by atoms with Gasteiger partial charge in [-0.1, -0.05) is 31.2 Å². The van der Waals surface area contributed by atoms with Crippen LogP contribution in [0.5, 0.6) is 0 Å². The van der Waals surface area contributed by atoms with Crippen LogP contribution in [0, 0.1) is 0 Å². The summed E-state index contributed by atoms with van der Waals surface area (Å²) in [5, 5.41) is 1.94. The van der Waals surface area contributed by atoms with Crippen LogP contribution in [0.15, 0.2) is 47.8 Å². The van der Waals surface area contributed by atoms with Crippen molar-refractivity contribution < 1.29 is 14.3 Å². The van der Waals surface area contributed by atoms with Crippen molar-refractivity contribution in [3.63, 3.8) is 0 Å². The number of piperidine rings is 1. The highest BCUT2D eigenvalue weighted by Gasteiger charge is 2.44. The molecule has 1 aromatic carbocycles. The lowest BCUT2D eigenvalue weighted by molar-refractivity contribution is -0.120. The number of ether oxygens (including phenoxy) is 1. The zero-order valence-electron chi connectivity index (χ0n) is 17.5. The number of carbonyl (C=O) groups is 2. The number of nitrogens with zero attached hydrogens (tertiary/aromatic N) is 2. The lowest BCUT2D eigenvalue weighted by Crippen LogP contribution is -2.61. The molecule has 0 N–H and O–H groups in total. The molecule has 1 aliphatic heterocycles. The van der Waals surface area contributed by atoms with Crippen LogP contribution in [0.3, 0.4) is 0 Å². The molecule has 29 heavy (non-hydrogen) atoms. The number of ketones is 1. The van der Waals surface area contributed by atoms with E-state index in [0.29, 0.717) is 13.0 Å². The average molecular weight is 415 g/mol. The first kappa shape index (κ1) is 21.7. The quantitative estimate of drug-likeness (QED) is 0.606. The summed E-state index contributed by atoms with van der Waals surface area (Å²) in [6.45, 7) is 5.87. The number of hydrogen-bond donors (Lipinski definition) is 0. The molecule has 0 saturated carbocycles. The molecule has 6 heteroatoms. The van der Waals surface area contributed by atoms with Crippen LogP contribution in [0.25, 0.3) is 0 Å². The second kappa shape index (κ2) is 9.65. The molecule has 156 valence electrons. The molecule has 0 radical (unpaired) electrons. The van der Waals surface area contributed by atoms with Crippen molar-refractivity contribution in [3.05, 3.63) is 52.7 Å². The van der Waals surface area contributed by atoms with E-state index in [4.69, 9.17) is 4.74 Å². The minimum atomic E-state index is -0.397. The molecule has 2 heterocycles. The molecule has 1 unspecified atom stereocenters. The van der Waals surface area contributed by atoms with Crippen molar-refractivity contribution >= 4 is 28.7 Å². The van der Waals surface area contributed by atoms with Crippen LogP contribution in [0.1, 0.15) is 42.8 Å². The second-order valence-electron chi connectivity index (χ2n) is 7.63. The predicted octanol–water partition coefficient (Wildman–Crippen LogP) is 4.24. The Balaban J connectivity index is 1.81. The Kier molecular flexibility index (Phi) is 7.22. The fraction of sp³-hybridized carbons (Fsp3) is 0.478. The number of thiophene rings is 1. The molecule has 1 aliphatic rings. The minimum Gasteiger partial charge on any atom is -0.382 e. The molecule has 2 aromatic rings. The fourth-order valence-corrected chi connectivity index (χ4v) is 4.98. The topological polar surface area (TPSA) is 49.9 Å². The number of benzene rings is 1. The van der Waals surface area contributed by atoms with E-state index < -0.39 is 5.54 Å².